The Labute approximate surface area is 152 Å². The first-order chi connectivity index (χ1) is 11.9. The van der Waals surface area contributed by atoms with Crippen LogP contribution in [0.4, 0.5) is 0 Å². The lowest BCUT2D eigenvalue weighted by molar-refractivity contribution is -0.117. The summed E-state index contributed by atoms with van der Waals surface area (Å²) in [5, 5.41) is 3.21. The van der Waals surface area contributed by atoms with Crippen molar-refractivity contribution in [1.29, 1.82) is 0 Å². The zero-order chi connectivity index (χ0) is 18.4. The van der Waals surface area contributed by atoms with Crippen molar-refractivity contribution < 1.29 is 4.79 Å². The highest BCUT2D eigenvalue weighted by atomic mass is 16.1. The molecule has 2 heteroatoms. The molecule has 2 rings (SSSR count). The molecule has 0 spiro atoms. The average molecular weight is 335 g/mol. The molecule has 0 aliphatic carbocycles. The van der Waals surface area contributed by atoms with Crippen molar-refractivity contribution in [3.05, 3.63) is 76.9 Å². The maximum absolute atomic E-state index is 12.6. The maximum atomic E-state index is 12.6. The van der Waals surface area contributed by atoms with E-state index in [4.69, 9.17) is 0 Å². The molecule has 1 N–H and O–H groups in total. The molecule has 0 aromatic heterocycles. The van der Waals surface area contributed by atoms with Crippen LogP contribution in [0.15, 0.2) is 54.6 Å². The molecule has 0 saturated carbocycles. The number of nitrogens with one attached hydrogen (secondary N) is 1. The van der Waals surface area contributed by atoms with Crippen LogP contribution in [0.25, 0.3) is 5.57 Å². The Kier molecular flexibility index (Phi) is 6.58. The Morgan fingerprint density at radius 3 is 2.20 bits per heavy atom. The topological polar surface area (TPSA) is 29.1 Å². The van der Waals surface area contributed by atoms with Gasteiger partial charge >= 0.3 is 0 Å². The average Bonchev–Trinajstić information content (AvgIpc) is 2.54. The van der Waals surface area contributed by atoms with Crippen molar-refractivity contribution in [1.82, 2.24) is 5.32 Å². The van der Waals surface area contributed by atoms with Crippen LogP contribution in [0.1, 0.15) is 55.5 Å². The normalized spacial score (nSPS) is 13.0. The van der Waals surface area contributed by atoms with E-state index in [1.54, 1.807) is 6.08 Å². The summed E-state index contributed by atoms with van der Waals surface area (Å²) < 4.78 is 0. The second-order valence-corrected chi connectivity index (χ2v) is 7.19. The summed E-state index contributed by atoms with van der Waals surface area (Å²) in [6.07, 6.45) is 2.64. The Hall–Kier alpha value is -2.35. The van der Waals surface area contributed by atoms with Crippen molar-refractivity contribution in [2.24, 2.45) is 5.92 Å². The van der Waals surface area contributed by atoms with E-state index in [2.05, 4.69) is 57.3 Å². The highest BCUT2D eigenvalue weighted by molar-refractivity contribution is 5.95. The van der Waals surface area contributed by atoms with Gasteiger partial charge in [0.2, 0.25) is 5.91 Å². The highest BCUT2D eigenvalue weighted by Crippen LogP contribution is 2.24. The first-order valence-corrected chi connectivity index (χ1v) is 8.98. The predicted octanol–water partition coefficient (Wildman–Crippen LogP) is 5.61. The number of amides is 1. The minimum atomic E-state index is -0.0327. The first kappa shape index (κ1) is 19.0. The molecule has 0 bridgehead atoms. The lowest BCUT2D eigenvalue weighted by Gasteiger charge is -2.22. The Morgan fingerprint density at radius 2 is 1.60 bits per heavy atom. The fourth-order valence-corrected chi connectivity index (χ4v) is 3.22. The number of rotatable bonds is 6. The van der Waals surface area contributed by atoms with E-state index in [0.717, 1.165) is 17.6 Å². The largest absolute Gasteiger partial charge is 0.346 e. The molecule has 25 heavy (non-hydrogen) atoms. The van der Waals surface area contributed by atoms with Gasteiger partial charge in [0.1, 0.15) is 0 Å². The number of carbonyl (C=O) groups excluding carboxylic acids is 1. The summed E-state index contributed by atoms with van der Waals surface area (Å²) >= 11 is 0. The van der Waals surface area contributed by atoms with Crippen LogP contribution >= 0.6 is 0 Å². The van der Waals surface area contributed by atoms with Gasteiger partial charge in [-0.1, -0.05) is 62.4 Å². The van der Waals surface area contributed by atoms with Crippen LogP contribution in [0.5, 0.6) is 0 Å². The van der Waals surface area contributed by atoms with Crippen molar-refractivity contribution in [3.8, 4) is 0 Å². The van der Waals surface area contributed by atoms with Gasteiger partial charge in [-0.15, -0.1) is 0 Å². The van der Waals surface area contributed by atoms with Crippen LogP contribution in [0.3, 0.4) is 0 Å². The minimum Gasteiger partial charge on any atom is -0.346 e. The predicted molar refractivity (Wildman–Crippen MR) is 106 cm³/mol. The maximum Gasteiger partial charge on any atom is 0.244 e. The van der Waals surface area contributed by atoms with E-state index in [1.807, 2.05) is 31.2 Å². The zero-order valence-corrected chi connectivity index (χ0v) is 16.0. The number of aryl methyl sites for hydroxylation is 2. The van der Waals surface area contributed by atoms with Crippen LogP contribution in [-0.4, -0.2) is 5.91 Å². The van der Waals surface area contributed by atoms with Crippen LogP contribution in [0.2, 0.25) is 0 Å². The summed E-state index contributed by atoms with van der Waals surface area (Å²) in [7, 11) is 0. The Bertz CT molecular complexity index is 758. The molecule has 1 unspecified atom stereocenters. The standard InChI is InChI=1S/C23H29NO/c1-16(2)14-22(21-13-9-7-11-18(21)4)24-23(25)15-19(5)20-12-8-6-10-17(20)3/h6-13,15-16,22H,14H2,1-5H3,(H,24,25)/b19-15+. The number of benzene rings is 2. The van der Waals surface area contributed by atoms with Gasteiger partial charge in [-0.05, 0) is 60.9 Å². The molecule has 132 valence electrons. The quantitative estimate of drug-likeness (QED) is 0.683. The number of carbonyl (C=O) groups is 1. The number of allylic oxidation sites excluding steroid dienone is 1. The van der Waals surface area contributed by atoms with Gasteiger partial charge < -0.3 is 5.32 Å². The Balaban J connectivity index is 2.21. The molecular formula is C23H29NO. The van der Waals surface area contributed by atoms with E-state index >= 15 is 0 Å². The molecule has 0 aliphatic rings. The summed E-state index contributed by atoms with van der Waals surface area (Å²) in [5.74, 6) is 0.473. The van der Waals surface area contributed by atoms with E-state index in [0.29, 0.717) is 5.92 Å². The fraction of sp³-hybridized carbons (Fsp3) is 0.348. The molecular weight excluding hydrogens is 306 g/mol. The van der Waals surface area contributed by atoms with Gasteiger partial charge in [0.05, 0.1) is 6.04 Å². The molecule has 0 fully saturated rings. The van der Waals surface area contributed by atoms with E-state index in [9.17, 15) is 4.79 Å². The lowest BCUT2D eigenvalue weighted by Crippen LogP contribution is -2.28. The first-order valence-electron chi connectivity index (χ1n) is 8.98. The molecule has 1 atom stereocenters. The fourth-order valence-electron chi connectivity index (χ4n) is 3.22. The second kappa shape index (κ2) is 8.66. The zero-order valence-electron chi connectivity index (χ0n) is 16.0. The molecule has 2 nitrogen and oxygen atoms in total. The number of hydrogen-bond donors (Lipinski definition) is 1. The molecule has 2 aromatic carbocycles. The summed E-state index contributed by atoms with van der Waals surface area (Å²) in [4.78, 5) is 12.6. The molecule has 0 heterocycles. The van der Waals surface area contributed by atoms with Crippen molar-refractivity contribution in [3.63, 3.8) is 0 Å². The minimum absolute atomic E-state index is 0.0327. The van der Waals surface area contributed by atoms with E-state index in [-0.39, 0.29) is 11.9 Å². The highest BCUT2D eigenvalue weighted by Gasteiger charge is 2.17. The third-order valence-corrected chi connectivity index (χ3v) is 4.50. The third-order valence-electron chi connectivity index (χ3n) is 4.50. The second-order valence-electron chi connectivity index (χ2n) is 7.19. The third kappa shape index (κ3) is 5.32. The molecule has 0 saturated heterocycles. The SMILES string of the molecule is C/C(=C\C(=O)NC(CC(C)C)c1ccccc1C)c1ccccc1C. The van der Waals surface area contributed by atoms with Gasteiger partial charge in [-0.2, -0.15) is 0 Å². The van der Waals surface area contributed by atoms with Crippen molar-refractivity contribution in [2.75, 3.05) is 0 Å². The van der Waals surface area contributed by atoms with Crippen LogP contribution in [0, 0.1) is 19.8 Å². The van der Waals surface area contributed by atoms with Gasteiger partial charge in [0.25, 0.3) is 0 Å². The molecule has 2 aromatic rings. The van der Waals surface area contributed by atoms with Gasteiger partial charge in [-0.25, -0.2) is 0 Å². The van der Waals surface area contributed by atoms with Crippen molar-refractivity contribution >= 4 is 11.5 Å². The smallest absolute Gasteiger partial charge is 0.244 e. The van der Waals surface area contributed by atoms with Gasteiger partial charge in [0, 0.05) is 6.08 Å². The van der Waals surface area contributed by atoms with Crippen LogP contribution in [-0.2, 0) is 4.79 Å². The van der Waals surface area contributed by atoms with Gasteiger partial charge in [-0.3, -0.25) is 4.79 Å². The number of hydrogen-bond acceptors (Lipinski definition) is 1. The molecule has 0 radical (unpaired) electrons. The van der Waals surface area contributed by atoms with E-state index in [1.165, 1.54) is 16.7 Å². The monoisotopic (exact) mass is 335 g/mol. The summed E-state index contributed by atoms with van der Waals surface area (Å²) in [6, 6.07) is 16.5. The lowest BCUT2D eigenvalue weighted by atomic mass is 9.93. The Morgan fingerprint density at radius 1 is 1.00 bits per heavy atom. The van der Waals surface area contributed by atoms with Crippen LogP contribution < -0.4 is 5.32 Å². The summed E-state index contributed by atoms with van der Waals surface area (Å²) in [6.45, 7) is 10.5. The molecule has 0 aliphatic heterocycles. The van der Waals surface area contributed by atoms with Gasteiger partial charge in [0.15, 0.2) is 0 Å². The van der Waals surface area contributed by atoms with E-state index < -0.39 is 0 Å². The molecule has 1 amide bonds. The van der Waals surface area contributed by atoms with Crippen molar-refractivity contribution in [2.45, 2.75) is 47.1 Å². The summed E-state index contributed by atoms with van der Waals surface area (Å²) in [5.41, 5.74) is 5.71.